The van der Waals surface area contributed by atoms with Gasteiger partial charge >= 0.3 is 0 Å². The van der Waals surface area contributed by atoms with E-state index in [4.69, 9.17) is 11.6 Å². The number of carbonyl (C=O) groups is 2. The maximum atomic E-state index is 12.8. The maximum absolute atomic E-state index is 12.8. The lowest BCUT2D eigenvalue weighted by atomic mass is 9.95. The fourth-order valence-electron chi connectivity index (χ4n) is 3.25. The van der Waals surface area contributed by atoms with Crippen molar-refractivity contribution in [1.29, 1.82) is 0 Å². The lowest BCUT2D eigenvalue weighted by Gasteiger charge is -2.26. The van der Waals surface area contributed by atoms with Crippen LogP contribution in [-0.2, 0) is 4.79 Å². The summed E-state index contributed by atoms with van der Waals surface area (Å²) in [7, 11) is 0. The number of hydrogen-bond donors (Lipinski definition) is 2. The first-order valence-electron chi connectivity index (χ1n) is 9.00. The Labute approximate surface area is 164 Å². The predicted molar refractivity (Wildman–Crippen MR) is 109 cm³/mol. The molecule has 1 aliphatic heterocycles. The highest BCUT2D eigenvalue weighted by Crippen LogP contribution is 2.28. The second kappa shape index (κ2) is 9.15. The number of benzene rings is 1. The van der Waals surface area contributed by atoms with Crippen molar-refractivity contribution in [2.24, 2.45) is 10.9 Å². The van der Waals surface area contributed by atoms with Crippen LogP contribution in [0, 0.1) is 12.8 Å². The highest BCUT2D eigenvalue weighted by atomic mass is 35.5. The molecule has 1 unspecified atom stereocenters. The van der Waals surface area contributed by atoms with Crippen LogP contribution in [0.15, 0.2) is 28.8 Å². The largest absolute Gasteiger partial charge is 0.395 e. The molecule has 7 heteroatoms. The Morgan fingerprint density at radius 3 is 2.63 bits per heavy atom. The molecule has 1 aromatic carbocycles. The van der Waals surface area contributed by atoms with Crippen molar-refractivity contribution in [3.63, 3.8) is 0 Å². The van der Waals surface area contributed by atoms with Crippen molar-refractivity contribution in [3.05, 3.63) is 39.9 Å². The average molecular weight is 392 g/mol. The lowest BCUT2D eigenvalue weighted by molar-refractivity contribution is -0.120. The van der Waals surface area contributed by atoms with E-state index >= 15 is 0 Å². The monoisotopic (exact) mass is 391 g/mol. The summed E-state index contributed by atoms with van der Waals surface area (Å²) in [5.74, 6) is -0.974. The van der Waals surface area contributed by atoms with Gasteiger partial charge in [0, 0.05) is 41.6 Å². The van der Waals surface area contributed by atoms with Crippen molar-refractivity contribution in [3.8, 4) is 0 Å². The lowest BCUT2D eigenvalue weighted by Crippen LogP contribution is -2.35. The van der Waals surface area contributed by atoms with E-state index in [-0.39, 0.29) is 25.0 Å². The van der Waals surface area contributed by atoms with Crippen molar-refractivity contribution < 1.29 is 14.7 Å². The fourth-order valence-corrected chi connectivity index (χ4v) is 3.46. The van der Waals surface area contributed by atoms with Gasteiger partial charge in [0.25, 0.3) is 11.8 Å². The smallest absolute Gasteiger partial charge is 0.254 e. The summed E-state index contributed by atoms with van der Waals surface area (Å²) in [5, 5.41) is 12.5. The molecule has 6 nitrogen and oxygen atoms in total. The number of aliphatic hydroxyl groups is 1. The van der Waals surface area contributed by atoms with Crippen molar-refractivity contribution in [2.75, 3.05) is 31.1 Å². The topological polar surface area (TPSA) is 82.0 Å². The van der Waals surface area contributed by atoms with E-state index in [9.17, 15) is 14.7 Å². The summed E-state index contributed by atoms with van der Waals surface area (Å²) in [6.45, 7) is 8.80. The number of rotatable bonds is 7. The summed E-state index contributed by atoms with van der Waals surface area (Å²) in [6, 6.07) is 3.41. The number of aliphatic hydroxyl groups excluding tert-OH is 1. The summed E-state index contributed by atoms with van der Waals surface area (Å²) < 4.78 is 0. The van der Waals surface area contributed by atoms with E-state index in [1.165, 1.54) is 0 Å². The van der Waals surface area contributed by atoms with Crippen molar-refractivity contribution in [1.82, 2.24) is 5.32 Å². The van der Waals surface area contributed by atoms with Crippen LogP contribution in [0.25, 0.3) is 0 Å². The highest BCUT2D eigenvalue weighted by molar-refractivity contribution is 6.31. The number of anilines is 1. The molecule has 0 fully saturated rings. The number of dihydropyridines is 1. The van der Waals surface area contributed by atoms with Crippen molar-refractivity contribution in [2.45, 2.75) is 27.7 Å². The predicted octanol–water partition coefficient (Wildman–Crippen LogP) is 2.76. The van der Waals surface area contributed by atoms with Crippen LogP contribution < -0.4 is 10.2 Å². The molecule has 1 aliphatic rings. The van der Waals surface area contributed by atoms with Crippen LogP contribution >= 0.6 is 11.6 Å². The highest BCUT2D eigenvalue weighted by Gasteiger charge is 2.25. The standard InChI is InChI=1S/C20H26ClN3O3/c1-5-24(6-7-25)18-10-15(21)9-16(14(18)4)19(26)22-11-17-12(2)8-13(3)23-20(17)27/h8-10,17,25H,5-7,11H2,1-4H3,(H,22,26). The van der Waals surface area contributed by atoms with Crippen LogP contribution in [0.1, 0.15) is 36.7 Å². The van der Waals surface area contributed by atoms with Crippen LogP contribution in [0.3, 0.4) is 0 Å². The molecule has 0 spiro atoms. The minimum atomic E-state index is -0.446. The van der Waals surface area contributed by atoms with Gasteiger partial charge in [-0.2, -0.15) is 0 Å². The number of hydrogen-bond acceptors (Lipinski definition) is 4. The van der Waals surface area contributed by atoms with Crippen LogP contribution in [0.5, 0.6) is 0 Å². The molecule has 146 valence electrons. The third-order valence-electron chi connectivity index (χ3n) is 4.72. The van der Waals surface area contributed by atoms with Gasteiger partial charge in [0.2, 0.25) is 0 Å². The van der Waals surface area contributed by atoms with Crippen LogP contribution in [0.2, 0.25) is 5.02 Å². The number of nitrogens with zero attached hydrogens (tertiary/aromatic N) is 2. The Morgan fingerprint density at radius 2 is 2.04 bits per heavy atom. The Bertz CT molecular complexity index is 802. The van der Waals surface area contributed by atoms with E-state index in [1.807, 2.05) is 31.7 Å². The minimum Gasteiger partial charge on any atom is -0.395 e. The van der Waals surface area contributed by atoms with E-state index in [0.29, 0.717) is 29.4 Å². The third-order valence-corrected chi connectivity index (χ3v) is 4.94. The molecular weight excluding hydrogens is 366 g/mol. The summed E-state index contributed by atoms with van der Waals surface area (Å²) >= 11 is 6.23. The molecule has 2 amide bonds. The van der Waals surface area contributed by atoms with E-state index in [1.54, 1.807) is 19.1 Å². The molecule has 0 radical (unpaired) electrons. The summed E-state index contributed by atoms with van der Waals surface area (Å²) in [6.07, 6.45) is 1.86. The third kappa shape index (κ3) is 4.96. The molecule has 0 aromatic heterocycles. The molecule has 0 aliphatic carbocycles. The van der Waals surface area contributed by atoms with E-state index in [0.717, 1.165) is 16.8 Å². The summed E-state index contributed by atoms with van der Waals surface area (Å²) in [5.41, 5.74) is 3.62. The molecular formula is C20H26ClN3O3. The number of halogens is 1. The van der Waals surface area contributed by atoms with E-state index < -0.39 is 5.92 Å². The molecule has 0 saturated heterocycles. The van der Waals surface area contributed by atoms with Gasteiger partial charge in [0.1, 0.15) is 0 Å². The van der Waals surface area contributed by atoms with Crippen LogP contribution in [0.4, 0.5) is 5.69 Å². The first-order valence-corrected chi connectivity index (χ1v) is 9.37. The van der Waals surface area contributed by atoms with Crippen LogP contribution in [-0.4, -0.2) is 48.9 Å². The molecule has 1 heterocycles. The Kier molecular flexibility index (Phi) is 7.16. The fraction of sp³-hybridized carbons (Fsp3) is 0.450. The first kappa shape index (κ1) is 21.1. The molecule has 0 bridgehead atoms. The van der Waals surface area contributed by atoms with Gasteiger partial charge in [0.05, 0.1) is 12.5 Å². The van der Waals surface area contributed by atoms with Gasteiger partial charge in [-0.1, -0.05) is 17.2 Å². The Hall–Kier alpha value is -2.18. The number of carbonyl (C=O) groups excluding carboxylic acids is 2. The summed E-state index contributed by atoms with van der Waals surface area (Å²) in [4.78, 5) is 30.8. The van der Waals surface area contributed by atoms with Crippen molar-refractivity contribution >= 4 is 34.8 Å². The van der Waals surface area contributed by atoms with Gasteiger partial charge in [-0.25, -0.2) is 4.99 Å². The maximum Gasteiger partial charge on any atom is 0.254 e. The minimum absolute atomic E-state index is 0.0106. The van der Waals surface area contributed by atoms with Gasteiger partial charge in [-0.05, 0) is 51.5 Å². The molecule has 0 saturated carbocycles. The molecule has 2 N–H and O–H groups in total. The Balaban J connectivity index is 2.20. The number of amides is 2. The molecule has 1 aromatic rings. The Morgan fingerprint density at radius 1 is 1.33 bits per heavy atom. The number of likely N-dealkylation sites (N-methyl/N-ethyl adjacent to an activating group) is 1. The van der Waals surface area contributed by atoms with Gasteiger partial charge in [-0.3, -0.25) is 9.59 Å². The number of nitrogens with one attached hydrogen (secondary N) is 1. The first-order chi connectivity index (χ1) is 12.8. The molecule has 1 atom stereocenters. The SMILES string of the molecule is CCN(CCO)c1cc(Cl)cc(C(=O)NCC2C(=O)N=C(C)C=C2C)c1C. The zero-order valence-electron chi connectivity index (χ0n) is 16.2. The zero-order chi connectivity index (χ0) is 20.1. The second-order valence-electron chi connectivity index (χ2n) is 6.64. The van der Waals surface area contributed by atoms with Gasteiger partial charge in [0.15, 0.2) is 0 Å². The average Bonchev–Trinajstić information content (AvgIpc) is 2.60. The molecule has 27 heavy (non-hydrogen) atoms. The normalized spacial score (nSPS) is 16.7. The van der Waals surface area contributed by atoms with Gasteiger partial charge in [-0.15, -0.1) is 0 Å². The zero-order valence-corrected chi connectivity index (χ0v) is 16.9. The quantitative estimate of drug-likeness (QED) is 0.748. The number of allylic oxidation sites excluding steroid dienone is 1. The number of aliphatic imine (C=N–C) groups is 1. The van der Waals surface area contributed by atoms with Gasteiger partial charge < -0.3 is 15.3 Å². The van der Waals surface area contributed by atoms with E-state index in [2.05, 4.69) is 10.3 Å². The second-order valence-corrected chi connectivity index (χ2v) is 7.08. The molecule has 2 rings (SSSR count).